The number of aliphatic carboxylic acids is 1. The van der Waals surface area contributed by atoms with Crippen molar-refractivity contribution < 1.29 is 39.7 Å². The van der Waals surface area contributed by atoms with Crippen LogP contribution in [0.15, 0.2) is 11.4 Å². The van der Waals surface area contributed by atoms with E-state index in [1.807, 2.05) is 0 Å². The molecule has 23 heavy (non-hydrogen) atoms. The minimum Gasteiger partial charge on any atom is -0.543 e. The molecule has 0 saturated heterocycles. The summed E-state index contributed by atoms with van der Waals surface area (Å²) in [6, 6.07) is 0. The Morgan fingerprint density at radius 3 is 1.74 bits per heavy atom. The summed E-state index contributed by atoms with van der Waals surface area (Å²) in [6.45, 7) is 0. The number of hydrogen-bond donors (Lipinski definition) is 1. The quantitative estimate of drug-likeness (QED) is 0.268. The van der Waals surface area contributed by atoms with Gasteiger partial charge in [-0.1, -0.05) is 10.3 Å². The normalized spacial score (nSPS) is 14.6. The van der Waals surface area contributed by atoms with E-state index in [0.717, 1.165) is 0 Å². The number of carbonyl (C=O) groups is 1. The van der Waals surface area contributed by atoms with Crippen LogP contribution in [0.1, 0.15) is 0 Å². The lowest BCUT2D eigenvalue weighted by atomic mass is 10.2. The minimum absolute atomic E-state index is 0.693. The van der Waals surface area contributed by atoms with E-state index in [1.165, 1.54) is 0 Å². The molecular weight excluding hydrogens is 336 g/mol. The van der Waals surface area contributed by atoms with Crippen LogP contribution in [0.5, 0.6) is 0 Å². The zero-order valence-corrected chi connectivity index (χ0v) is 10.3. The summed E-state index contributed by atoms with van der Waals surface area (Å²) < 4.78 is 0. The van der Waals surface area contributed by atoms with Crippen molar-refractivity contribution in [2.45, 2.75) is 12.5 Å². The first-order chi connectivity index (χ1) is 10.5. The Labute approximate surface area is 121 Å². The first-order valence-electron chi connectivity index (χ1n) is 4.96. The molecule has 126 valence electrons. The summed E-state index contributed by atoms with van der Waals surface area (Å²) in [6.07, 6.45) is -6.46. The average molecular weight is 339 g/mol. The van der Waals surface area contributed by atoms with Crippen LogP contribution in [0.3, 0.4) is 0 Å². The lowest BCUT2D eigenvalue weighted by molar-refractivity contribution is -0.794. The molecule has 0 aromatic heterocycles. The Morgan fingerprint density at radius 1 is 1.00 bits per heavy atom. The van der Waals surface area contributed by atoms with Crippen LogP contribution in [0.25, 0.3) is 0 Å². The van der Waals surface area contributed by atoms with E-state index in [1.54, 1.807) is 0 Å². The van der Waals surface area contributed by atoms with Gasteiger partial charge in [-0.3, -0.25) is 45.7 Å². The van der Waals surface area contributed by atoms with Gasteiger partial charge in [-0.25, -0.2) is 0 Å². The van der Waals surface area contributed by atoms with Gasteiger partial charge in [0.15, 0.2) is 5.70 Å². The molecule has 0 aromatic rings. The van der Waals surface area contributed by atoms with Gasteiger partial charge in [-0.05, 0) is 0 Å². The third-order valence-corrected chi connectivity index (χ3v) is 2.26. The number of hydroxylamine groups is 4. The molecule has 1 heterocycles. The van der Waals surface area contributed by atoms with Crippen LogP contribution in [0.2, 0.25) is 0 Å². The molecule has 1 rings (SSSR count). The Kier molecular flexibility index (Phi) is 4.52. The van der Waals surface area contributed by atoms with Crippen LogP contribution < -0.4 is 5.11 Å². The molecule has 0 fully saturated rings. The zero-order chi connectivity index (χ0) is 18.1. The van der Waals surface area contributed by atoms with Gasteiger partial charge in [-0.2, -0.15) is 0 Å². The number of hydrogen-bond acceptors (Lipinski definition) is 14. The Balaban J connectivity index is 3.63. The van der Waals surface area contributed by atoms with Crippen molar-refractivity contribution in [3.63, 3.8) is 0 Å². The predicted octanol–water partition coefficient (Wildman–Crippen LogP) is -3.48. The van der Waals surface area contributed by atoms with Gasteiger partial charge in [0.2, 0.25) is 5.70 Å². The number of carbonyl (C=O) groups excluding carboxylic acids is 1. The fraction of sp³-hybridized carbons (Fsp3) is 0.400. The molecule has 1 aliphatic rings. The van der Waals surface area contributed by atoms with Gasteiger partial charge in [-0.15, -0.1) is 4.94 Å². The van der Waals surface area contributed by atoms with E-state index in [0.29, 0.717) is 0 Å². The van der Waals surface area contributed by atoms with Gasteiger partial charge in [0.05, 0.1) is 5.97 Å². The van der Waals surface area contributed by atoms with Crippen molar-refractivity contribution in [3.05, 3.63) is 51.9 Å². The maximum absolute atomic E-state index is 10.8. The van der Waals surface area contributed by atoms with Gasteiger partial charge in [0.25, 0.3) is 0 Å². The standard InChI is InChI=1S/C5H4N6O12/c12-4(13)2-1(3(7(14)15)8(16)17)6(23-11(2)22)5(9(18)19)10(20)21/h3,5,22H,(H,12,13)/p-1. The topological polar surface area (TPSA) is 249 Å². The number of nitro groups is 4. The van der Waals surface area contributed by atoms with Crippen LogP contribution in [0, 0.1) is 40.5 Å². The Morgan fingerprint density at radius 2 is 1.43 bits per heavy atom. The molecule has 0 aliphatic carbocycles. The predicted molar refractivity (Wildman–Crippen MR) is 54.1 cm³/mol. The second-order valence-electron chi connectivity index (χ2n) is 3.56. The smallest absolute Gasteiger partial charge is 0.543 e. The number of carboxylic acid groups (broad SMARTS) is 1. The minimum atomic E-state index is -3.23. The molecular formula is C5H3N6O12-. The summed E-state index contributed by atoms with van der Waals surface area (Å²) in [5.74, 6) is -2.48. The van der Waals surface area contributed by atoms with Crippen molar-refractivity contribution >= 4 is 5.97 Å². The molecule has 0 unspecified atom stereocenters. The van der Waals surface area contributed by atoms with Crippen molar-refractivity contribution in [3.8, 4) is 0 Å². The van der Waals surface area contributed by atoms with Crippen molar-refractivity contribution in [1.29, 1.82) is 0 Å². The monoisotopic (exact) mass is 339 g/mol. The van der Waals surface area contributed by atoms with Gasteiger partial charge in [0.1, 0.15) is 19.7 Å². The molecule has 0 bridgehead atoms. The molecule has 0 radical (unpaired) electrons. The van der Waals surface area contributed by atoms with Gasteiger partial charge in [0, 0.05) is 0 Å². The highest BCUT2D eigenvalue weighted by molar-refractivity contribution is 5.84. The average Bonchev–Trinajstić information content (AvgIpc) is 2.64. The van der Waals surface area contributed by atoms with E-state index in [4.69, 9.17) is 5.21 Å². The first kappa shape index (κ1) is 17.4. The summed E-state index contributed by atoms with van der Waals surface area (Å²) >= 11 is 0. The summed E-state index contributed by atoms with van der Waals surface area (Å²) in [5.41, 5.74) is -3.56. The molecule has 0 atom stereocenters. The highest BCUT2D eigenvalue weighted by atomic mass is 17.0. The molecule has 1 aliphatic heterocycles. The molecule has 18 nitrogen and oxygen atoms in total. The van der Waals surface area contributed by atoms with E-state index < -0.39 is 59.8 Å². The number of nitrogens with zero attached hydrogens (tertiary/aromatic N) is 6. The summed E-state index contributed by atoms with van der Waals surface area (Å²) in [5, 5.41) is 61.1. The third-order valence-electron chi connectivity index (χ3n) is 2.26. The first-order valence-corrected chi connectivity index (χ1v) is 4.96. The summed E-state index contributed by atoms with van der Waals surface area (Å²) in [4.78, 5) is 50.6. The van der Waals surface area contributed by atoms with E-state index >= 15 is 0 Å². The van der Waals surface area contributed by atoms with Crippen LogP contribution in [0.4, 0.5) is 0 Å². The molecule has 0 spiro atoms. The van der Waals surface area contributed by atoms with Crippen molar-refractivity contribution in [1.82, 2.24) is 10.3 Å². The molecule has 0 amide bonds. The number of carboxylic acids is 1. The lowest BCUT2D eigenvalue weighted by Gasteiger charge is -2.15. The molecule has 1 N–H and O–H groups in total. The SMILES string of the molecule is O=C([O-])C1=C(C([N+](=O)[O-])[N+](=O)[O-])N(C([N+](=O)[O-])[N+](=O)[O-])ON1O. The maximum Gasteiger partial charge on any atom is 0.559 e. The highest BCUT2D eigenvalue weighted by Gasteiger charge is 2.59. The molecule has 18 heteroatoms. The maximum atomic E-state index is 10.8. The number of rotatable bonds is 7. The van der Waals surface area contributed by atoms with Gasteiger partial charge >= 0.3 is 12.5 Å². The fourth-order valence-corrected chi connectivity index (χ4v) is 1.48. The second kappa shape index (κ2) is 5.98. The van der Waals surface area contributed by atoms with Crippen molar-refractivity contribution in [2.75, 3.05) is 0 Å². The fourth-order valence-electron chi connectivity index (χ4n) is 1.48. The Bertz CT molecular complexity index is 599. The van der Waals surface area contributed by atoms with E-state index in [-0.39, 0.29) is 0 Å². The zero-order valence-electron chi connectivity index (χ0n) is 10.3. The van der Waals surface area contributed by atoms with E-state index in [9.17, 15) is 50.4 Å². The largest absolute Gasteiger partial charge is 0.559 e. The lowest BCUT2D eigenvalue weighted by Crippen LogP contribution is -2.49. The van der Waals surface area contributed by atoms with Crippen molar-refractivity contribution in [2.24, 2.45) is 0 Å². The Hall–Kier alpha value is -3.67. The summed E-state index contributed by atoms with van der Waals surface area (Å²) in [7, 11) is 0. The third kappa shape index (κ3) is 3.01. The van der Waals surface area contributed by atoms with E-state index in [2.05, 4.69) is 4.94 Å². The van der Waals surface area contributed by atoms with Crippen LogP contribution in [-0.2, 0) is 9.73 Å². The van der Waals surface area contributed by atoms with Gasteiger partial charge < -0.3 is 9.90 Å². The van der Waals surface area contributed by atoms with Crippen LogP contribution in [-0.4, -0.2) is 53.6 Å². The van der Waals surface area contributed by atoms with Crippen LogP contribution >= 0.6 is 0 Å². The highest BCUT2D eigenvalue weighted by Crippen LogP contribution is 2.30. The molecule has 0 aromatic carbocycles. The molecule has 0 saturated carbocycles. The second-order valence-corrected chi connectivity index (χ2v) is 3.56.